The molecule has 2 heterocycles. The molecule has 0 saturated carbocycles. The van der Waals surface area contributed by atoms with E-state index in [0.29, 0.717) is 8.91 Å². The number of aliphatic hydroxyl groups is 1. The SMILES string of the molecule is CSc1nc2c(=O)n([C@@H](C)CO)c(C(F)(F)F)nc2s1. The summed E-state index contributed by atoms with van der Waals surface area (Å²) in [6, 6.07) is -1.03. The third-order valence-electron chi connectivity index (χ3n) is 2.58. The van der Waals surface area contributed by atoms with Crippen LogP contribution < -0.4 is 5.56 Å². The zero-order chi connectivity index (χ0) is 15.1. The van der Waals surface area contributed by atoms with Crippen molar-refractivity contribution in [2.45, 2.75) is 23.5 Å². The fourth-order valence-electron chi connectivity index (χ4n) is 1.65. The van der Waals surface area contributed by atoms with Gasteiger partial charge >= 0.3 is 6.18 Å². The summed E-state index contributed by atoms with van der Waals surface area (Å²) in [7, 11) is 0. The van der Waals surface area contributed by atoms with Crippen LogP contribution in [-0.2, 0) is 6.18 Å². The molecular weight excluding hydrogens is 315 g/mol. The van der Waals surface area contributed by atoms with Crippen LogP contribution in [0.1, 0.15) is 18.8 Å². The molecule has 0 aliphatic heterocycles. The van der Waals surface area contributed by atoms with Crippen LogP contribution >= 0.6 is 23.1 Å². The summed E-state index contributed by atoms with van der Waals surface area (Å²) >= 11 is 2.16. The minimum Gasteiger partial charge on any atom is -0.394 e. The molecule has 0 aliphatic carbocycles. The first kappa shape index (κ1) is 15.3. The minimum atomic E-state index is -4.78. The molecule has 2 aromatic rings. The number of nitrogens with zero attached hydrogens (tertiary/aromatic N) is 3. The summed E-state index contributed by atoms with van der Waals surface area (Å²) in [5, 5.41) is 9.05. The van der Waals surface area contributed by atoms with E-state index in [2.05, 4.69) is 9.97 Å². The number of hydrogen-bond donors (Lipinski definition) is 1. The Morgan fingerprint density at radius 1 is 1.45 bits per heavy atom. The fourth-order valence-corrected chi connectivity index (χ4v) is 3.06. The highest BCUT2D eigenvalue weighted by Crippen LogP contribution is 2.32. The molecule has 2 rings (SSSR count). The lowest BCUT2D eigenvalue weighted by molar-refractivity contribution is -0.148. The van der Waals surface area contributed by atoms with Crippen LogP contribution in [0.25, 0.3) is 10.3 Å². The third kappa shape index (κ3) is 2.54. The highest BCUT2D eigenvalue weighted by molar-refractivity contribution is 8.00. The largest absolute Gasteiger partial charge is 0.449 e. The summed E-state index contributed by atoms with van der Waals surface area (Å²) in [5.41, 5.74) is -0.993. The van der Waals surface area contributed by atoms with Crippen LogP contribution in [0, 0.1) is 0 Å². The molecule has 0 fully saturated rings. The van der Waals surface area contributed by atoms with E-state index in [4.69, 9.17) is 5.11 Å². The van der Waals surface area contributed by atoms with Gasteiger partial charge in [-0.15, -0.1) is 0 Å². The van der Waals surface area contributed by atoms with E-state index in [1.54, 1.807) is 6.26 Å². The zero-order valence-corrected chi connectivity index (χ0v) is 12.1. The van der Waals surface area contributed by atoms with Gasteiger partial charge in [0, 0.05) is 0 Å². The Morgan fingerprint density at radius 3 is 2.60 bits per heavy atom. The van der Waals surface area contributed by atoms with Crippen molar-refractivity contribution in [2.24, 2.45) is 0 Å². The maximum absolute atomic E-state index is 13.0. The van der Waals surface area contributed by atoms with Gasteiger partial charge in [-0.25, -0.2) is 9.97 Å². The zero-order valence-electron chi connectivity index (χ0n) is 10.4. The summed E-state index contributed by atoms with van der Waals surface area (Å²) in [4.78, 5) is 19.6. The van der Waals surface area contributed by atoms with Crippen LogP contribution in [-0.4, -0.2) is 32.5 Å². The van der Waals surface area contributed by atoms with Crippen LogP contribution in [0.2, 0.25) is 0 Å². The molecule has 0 aromatic carbocycles. The van der Waals surface area contributed by atoms with E-state index >= 15 is 0 Å². The molecule has 0 radical (unpaired) electrons. The second kappa shape index (κ2) is 5.34. The lowest BCUT2D eigenvalue weighted by atomic mass is 10.3. The Bertz CT molecular complexity index is 695. The Kier molecular flexibility index (Phi) is 4.07. The van der Waals surface area contributed by atoms with E-state index in [1.807, 2.05) is 0 Å². The van der Waals surface area contributed by atoms with E-state index in [9.17, 15) is 18.0 Å². The first-order valence-corrected chi connectivity index (χ1v) is 7.48. The summed E-state index contributed by atoms with van der Waals surface area (Å²) < 4.78 is 40.0. The average Bonchev–Trinajstić information content (AvgIpc) is 2.80. The van der Waals surface area contributed by atoms with Crippen molar-refractivity contribution >= 4 is 33.4 Å². The van der Waals surface area contributed by atoms with Gasteiger partial charge in [-0.1, -0.05) is 23.1 Å². The Hall–Kier alpha value is -1.13. The molecule has 2 aromatic heterocycles. The van der Waals surface area contributed by atoms with Gasteiger partial charge in [0.15, 0.2) is 14.7 Å². The van der Waals surface area contributed by atoms with E-state index in [0.717, 1.165) is 11.3 Å². The number of hydrogen-bond acceptors (Lipinski definition) is 6. The predicted molar refractivity (Wildman–Crippen MR) is 70.3 cm³/mol. The fraction of sp³-hybridized carbons (Fsp3) is 0.500. The van der Waals surface area contributed by atoms with Gasteiger partial charge in [-0.3, -0.25) is 9.36 Å². The molecule has 10 heteroatoms. The molecule has 110 valence electrons. The number of fused-ring (bicyclic) bond motifs is 1. The molecule has 1 N–H and O–H groups in total. The molecular formula is C10H10F3N3O2S2. The van der Waals surface area contributed by atoms with Crippen molar-refractivity contribution in [2.75, 3.05) is 12.9 Å². The van der Waals surface area contributed by atoms with Crippen molar-refractivity contribution in [3.63, 3.8) is 0 Å². The van der Waals surface area contributed by atoms with Crippen LogP contribution in [0.15, 0.2) is 9.13 Å². The van der Waals surface area contributed by atoms with Gasteiger partial charge in [0.2, 0.25) is 5.82 Å². The summed E-state index contributed by atoms with van der Waals surface area (Å²) in [5.74, 6) is -1.31. The van der Waals surface area contributed by atoms with Gasteiger partial charge in [-0.05, 0) is 13.2 Å². The topological polar surface area (TPSA) is 68.0 Å². The van der Waals surface area contributed by atoms with E-state index in [1.165, 1.54) is 18.7 Å². The van der Waals surface area contributed by atoms with Gasteiger partial charge in [0.25, 0.3) is 5.56 Å². The second-order valence-corrected chi connectivity index (χ2v) is 6.01. The Labute approximate surface area is 119 Å². The lowest BCUT2D eigenvalue weighted by Crippen LogP contribution is -2.33. The van der Waals surface area contributed by atoms with Gasteiger partial charge < -0.3 is 5.11 Å². The number of rotatable bonds is 3. The van der Waals surface area contributed by atoms with Crippen molar-refractivity contribution in [1.29, 1.82) is 0 Å². The number of alkyl halides is 3. The van der Waals surface area contributed by atoms with E-state index < -0.39 is 30.2 Å². The second-order valence-electron chi connectivity index (χ2n) is 3.98. The highest BCUT2D eigenvalue weighted by Gasteiger charge is 2.39. The number of thioether (sulfide) groups is 1. The van der Waals surface area contributed by atoms with Crippen molar-refractivity contribution in [3.8, 4) is 0 Å². The predicted octanol–water partition coefficient (Wildman–Crippen LogP) is 2.15. The standard InChI is InChI=1S/C10H10F3N3O2S2/c1-4(3-17)16-7(18)5-6(20-9(14-5)19-2)15-8(16)10(11,12)13/h4,17H,3H2,1-2H3/t4-/m0/s1. The molecule has 0 saturated heterocycles. The number of thiazole rings is 1. The van der Waals surface area contributed by atoms with Gasteiger partial charge in [-0.2, -0.15) is 13.2 Å². The monoisotopic (exact) mass is 325 g/mol. The maximum atomic E-state index is 13.0. The molecule has 0 aliphatic rings. The number of halogens is 3. The quantitative estimate of drug-likeness (QED) is 0.876. The number of aliphatic hydroxyl groups excluding tert-OH is 1. The molecule has 0 spiro atoms. The molecule has 0 unspecified atom stereocenters. The van der Waals surface area contributed by atoms with Crippen LogP contribution in [0.5, 0.6) is 0 Å². The summed E-state index contributed by atoms with van der Waals surface area (Å²) in [6.07, 6.45) is -3.07. The molecule has 5 nitrogen and oxygen atoms in total. The molecule has 20 heavy (non-hydrogen) atoms. The minimum absolute atomic E-state index is 0.0481. The Morgan fingerprint density at radius 2 is 2.10 bits per heavy atom. The van der Waals surface area contributed by atoms with Crippen LogP contribution in [0.3, 0.4) is 0 Å². The Balaban J connectivity index is 2.85. The number of aromatic nitrogens is 3. The highest BCUT2D eigenvalue weighted by atomic mass is 32.2. The normalized spacial score (nSPS) is 13.9. The average molecular weight is 325 g/mol. The van der Waals surface area contributed by atoms with Crippen molar-refractivity contribution in [1.82, 2.24) is 14.5 Å². The lowest BCUT2D eigenvalue weighted by Gasteiger charge is -2.18. The first-order valence-electron chi connectivity index (χ1n) is 5.44. The third-order valence-corrected chi connectivity index (χ3v) is 4.51. The molecule has 1 atom stereocenters. The van der Waals surface area contributed by atoms with Gasteiger partial charge in [0.05, 0.1) is 12.6 Å². The molecule has 0 bridgehead atoms. The maximum Gasteiger partial charge on any atom is 0.449 e. The van der Waals surface area contributed by atoms with Crippen molar-refractivity contribution < 1.29 is 18.3 Å². The van der Waals surface area contributed by atoms with E-state index in [-0.39, 0.29) is 10.3 Å². The van der Waals surface area contributed by atoms with Crippen LogP contribution in [0.4, 0.5) is 13.2 Å². The smallest absolute Gasteiger partial charge is 0.394 e. The summed E-state index contributed by atoms with van der Waals surface area (Å²) in [6.45, 7) is 0.710. The van der Waals surface area contributed by atoms with Crippen molar-refractivity contribution in [3.05, 3.63) is 16.2 Å². The molecule has 0 amide bonds. The van der Waals surface area contributed by atoms with Gasteiger partial charge in [0.1, 0.15) is 0 Å². The first-order chi connectivity index (χ1) is 9.29.